The van der Waals surface area contributed by atoms with Crippen molar-refractivity contribution in [2.24, 2.45) is 7.05 Å². The average molecular weight is 233 g/mol. The van der Waals surface area contributed by atoms with Gasteiger partial charge in [0.25, 0.3) is 0 Å². The lowest BCUT2D eigenvalue weighted by Gasteiger charge is -2.06. The lowest BCUT2D eigenvalue weighted by atomic mass is 10.3. The lowest BCUT2D eigenvalue weighted by molar-refractivity contribution is 0.746. The Labute approximate surface area is 101 Å². The average Bonchev–Trinajstić information content (AvgIpc) is 2.82. The van der Waals surface area contributed by atoms with Gasteiger partial charge in [0.15, 0.2) is 0 Å². The Hall–Kier alpha value is -1.78. The van der Waals surface area contributed by atoms with Gasteiger partial charge in [-0.25, -0.2) is 4.98 Å². The molecule has 0 radical (unpaired) electrons. The van der Waals surface area contributed by atoms with E-state index in [0.717, 1.165) is 36.0 Å². The van der Waals surface area contributed by atoms with Crippen LogP contribution in [0.3, 0.4) is 0 Å². The van der Waals surface area contributed by atoms with Crippen LogP contribution in [0.2, 0.25) is 0 Å². The van der Waals surface area contributed by atoms with Crippen LogP contribution >= 0.6 is 0 Å². The van der Waals surface area contributed by atoms with Crippen molar-refractivity contribution in [1.29, 1.82) is 0 Å². The standard InChI is InChI=1S/C12H19N5/c1-5-10-11(8-16(4)15-10)14-12-13-9(3)7-17(12)6-2/h7-8H,5-6H2,1-4H3,(H,13,14). The largest absolute Gasteiger partial charge is 0.323 e. The van der Waals surface area contributed by atoms with Crippen LogP contribution in [0.25, 0.3) is 0 Å². The third-order valence-corrected chi connectivity index (χ3v) is 2.72. The number of aryl methyl sites for hydroxylation is 4. The first kappa shape index (κ1) is 11.7. The van der Waals surface area contributed by atoms with Crippen LogP contribution in [0, 0.1) is 6.92 Å². The fourth-order valence-electron chi connectivity index (χ4n) is 1.91. The van der Waals surface area contributed by atoms with Gasteiger partial charge in [0, 0.05) is 26.0 Å². The highest BCUT2D eigenvalue weighted by molar-refractivity contribution is 5.56. The number of imidazole rings is 1. The molecule has 2 aromatic rings. The summed E-state index contributed by atoms with van der Waals surface area (Å²) in [5, 5.41) is 7.76. The summed E-state index contributed by atoms with van der Waals surface area (Å²) >= 11 is 0. The molecule has 2 rings (SSSR count). The van der Waals surface area contributed by atoms with Crippen molar-refractivity contribution in [2.45, 2.75) is 33.7 Å². The number of nitrogens with one attached hydrogen (secondary N) is 1. The van der Waals surface area contributed by atoms with Crippen LogP contribution in [0.15, 0.2) is 12.4 Å². The second-order valence-corrected chi connectivity index (χ2v) is 4.13. The normalized spacial score (nSPS) is 10.8. The molecular formula is C12H19N5. The van der Waals surface area contributed by atoms with Crippen molar-refractivity contribution in [3.63, 3.8) is 0 Å². The second kappa shape index (κ2) is 4.61. The molecule has 0 aromatic carbocycles. The topological polar surface area (TPSA) is 47.7 Å². The molecule has 0 amide bonds. The van der Waals surface area contributed by atoms with Gasteiger partial charge in [0.05, 0.1) is 17.1 Å². The van der Waals surface area contributed by atoms with E-state index in [0.29, 0.717) is 0 Å². The number of hydrogen-bond donors (Lipinski definition) is 1. The Morgan fingerprint density at radius 2 is 2.06 bits per heavy atom. The second-order valence-electron chi connectivity index (χ2n) is 4.13. The zero-order chi connectivity index (χ0) is 12.4. The fraction of sp³-hybridized carbons (Fsp3) is 0.500. The van der Waals surface area contributed by atoms with Gasteiger partial charge < -0.3 is 9.88 Å². The number of nitrogens with zero attached hydrogens (tertiary/aromatic N) is 4. The molecule has 0 saturated heterocycles. The Bertz CT molecular complexity index is 463. The van der Waals surface area contributed by atoms with Crippen LogP contribution < -0.4 is 5.32 Å². The Kier molecular flexibility index (Phi) is 3.17. The molecule has 5 heteroatoms. The molecular weight excluding hydrogens is 214 g/mol. The van der Waals surface area contributed by atoms with Gasteiger partial charge in [-0.3, -0.25) is 4.68 Å². The van der Waals surface area contributed by atoms with E-state index in [1.807, 2.05) is 31.0 Å². The lowest BCUT2D eigenvalue weighted by Crippen LogP contribution is -2.02. The van der Waals surface area contributed by atoms with E-state index < -0.39 is 0 Å². The molecule has 5 nitrogen and oxygen atoms in total. The molecule has 0 bridgehead atoms. The van der Waals surface area contributed by atoms with Gasteiger partial charge in [-0.05, 0) is 20.3 Å². The maximum atomic E-state index is 4.48. The summed E-state index contributed by atoms with van der Waals surface area (Å²) in [4.78, 5) is 4.48. The molecule has 2 aromatic heterocycles. The molecule has 0 aliphatic heterocycles. The van der Waals surface area contributed by atoms with Crippen LogP contribution in [-0.2, 0) is 20.0 Å². The summed E-state index contributed by atoms with van der Waals surface area (Å²) in [6.07, 6.45) is 4.95. The summed E-state index contributed by atoms with van der Waals surface area (Å²) in [5.74, 6) is 0.882. The maximum absolute atomic E-state index is 4.48. The monoisotopic (exact) mass is 233 g/mol. The highest BCUT2D eigenvalue weighted by atomic mass is 15.3. The number of anilines is 2. The number of rotatable bonds is 4. The Morgan fingerprint density at radius 1 is 1.29 bits per heavy atom. The Morgan fingerprint density at radius 3 is 2.71 bits per heavy atom. The fourth-order valence-corrected chi connectivity index (χ4v) is 1.91. The third-order valence-electron chi connectivity index (χ3n) is 2.72. The van der Waals surface area contributed by atoms with Gasteiger partial charge in [-0.15, -0.1) is 0 Å². The summed E-state index contributed by atoms with van der Waals surface area (Å²) in [6.45, 7) is 7.12. The van der Waals surface area contributed by atoms with Gasteiger partial charge in [-0.1, -0.05) is 6.92 Å². The van der Waals surface area contributed by atoms with E-state index in [9.17, 15) is 0 Å². The van der Waals surface area contributed by atoms with E-state index in [1.54, 1.807) is 0 Å². The molecule has 92 valence electrons. The number of aromatic nitrogens is 4. The summed E-state index contributed by atoms with van der Waals surface area (Å²) in [6, 6.07) is 0. The molecule has 0 saturated carbocycles. The van der Waals surface area contributed by atoms with E-state index >= 15 is 0 Å². The van der Waals surface area contributed by atoms with Gasteiger partial charge in [-0.2, -0.15) is 5.10 Å². The molecule has 0 aliphatic rings. The van der Waals surface area contributed by atoms with Crippen molar-refractivity contribution in [3.8, 4) is 0 Å². The van der Waals surface area contributed by atoms with Crippen LogP contribution in [-0.4, -0.2) is 19.3 Å². The zero-order valence-electron chi connectivity index (χ0n) is 10.9. The highest BCUT2D eigenvalue weighted by Gasteiger charge is 2.09. The molecule has 0 unspecified atom stereocenters. The van der Waals surface area contributed by atoms with Crippen LogP contribution in [0.4, 0.5) is 11.6 Å². The predicted molar refractivity (Wildman–Crippen MR) is 68.5 cm³/mol. The number of hydrogen-bond acceptors (Lipinski definition) is 3. The van der Waals surface area contributed by atoms with Crippen molar-refractivity contribution in [3.05, 3.63) is 23.8 Å². The summed E-state index contributed by atoms with van der Waals surface area (Å²) in [5.41, 5.74) is 3.13. The van der Waals surface area contributed by atoms with E-state index in [-0.39, 0.29) is 0 Å². The molecule has 0 spiro atoms. The van der Waals surface area contributed by atoms with Crippen LogP contribution in [0.1, 0.15) is 25.2 Å². The molecule has 1 N–H and O–H groups in total. The quantitative estimate of drug-likeness (QED) is 0.881. The first-order valence-electron chi connectivity index (χ1n) is 5.97. The van der Waals surface area contributed by atoms with E-state index in [2.05, 4.69) is 33.8 Å². The van der Waals surface area contributed by atoms with E-state index in [1.165, 1.54) is 0 Å². The molecule has 0 aliphatic carbocycles. The first-order valence-corrected chi connectivity index (χ1v) is 5.97. The summed E-state index contributed by atoms with van der Waals surface area (Å²) < 4.78 is 3.93. The third kappa shape index (κ3) is 2.33. The minimum Gasteiger partial charge on any atom is -0.323 e. The smallest absolute Gasteiger partial charge is 0.207 e. The summed E-state index contributed by atoms with van der Waals surface area (Å²) in [7, 11) is 1.93. The molecule has 2 heterocycles. The predicted octanol–water partition coefficient (Wildman–Crippen LogP) is 2.25. The van der Waals surface area contributed by atoms with Crippen molar-refractivity contribution < 1.29 is 0 Å². The minimum atomic E-state index is 0.882. The van der Waals surface area contributed by atoms with Crippen molar-refractivity contribution >= 4 is 11.6 Å². The van der Waals surface area contributed by atoms with Crippen LogP contribution in [0.5, 0.6) is 0 Å². The Balaban J connectivity index is 2.30. The van der Waals surface area contributed by atoms with Crippen molar-refractivity contribution in [2.75, 3.05) is 5.32 Å². The molecule has 0 fully saturated rings. The minimum absolute atomic E-state index is 0.882. The maximum Gasteiger partial charge on any atom is 0.207 e. The van der Waals surface area contributed by atoms with Gasteiger partial charge >= 0.3 is 0 Å². The van der Waals surface area contributed by atoms with Crippen molar-refractivity contribution in [1.82, 2.24) is 19.3 Å². The highest BCUT2D eigenvalue weighted by Crippen LogP contribution is 2.19. The van der Waals surface area contributed by atoms with Gasteiger partial charge in [0.2, 0.25) is 5.95 Å². The van der Waals surface area contributed by atoms with E-state index in [4.69, 9.17) is 0 Å². The zero-order valence-corrected chi connectivity index (χ0v) is 10.9. The van der Waals surface area contributed by atoms with Gasteiger partial charge in [0.1, 0.15) is 0 Å². The molecule has 17 heavy (non-hydrogen) atoms. The first-order chi connectivity index (χ1) is 8.13. The SMILES string of the molecule is CCc1nn(C)cc1Nc1nc(C)cn1CC. The molecule has 0 atom stereocenters.